The molecule has 7 heteroatoms. The van der Waals surface area contributed by atoms with E-state index >= 15 is 0 Å². The number of carbonyl (C=O) groups excluding carboxylic acids is 1. The predicted octanol–water partition coefficient (Wildman–Crippen LogP) is 0.835. The second-order valence-electron chi connectivity index (χ2n) is 1.56. The lowest BCUT2D eigenvalue weighted by Crippen LogP contribution is -2.30. The average Bonchev–Trinajstić information content (AvgIpc) is 1.85. The number of alkyl halides is 4. The lowest BCUT2D eigenvalue weighted by Gasteiger charge is -2.06. The largest absolute Gasteiger partial charge is 0.414 e. The van der Waals surface area contributed by atoms with Crippen molar-refractivity contribution in [2.24, 2.45) is 0 Å². The zero-order valence-electron chi connectivity index (χ0n) is 5.24. The van der Waals surface area contributed by atoms with Crippen LogP contribution in [0.3, 0.4) is 0 Å². The molecule has 0 aliphatic rings. The van der Waals surface area contributed by atoms with Gasteiger partial charge in [0.1, 0.15) is 5.88 Å². The number of hydrogen-bond acceptors (Lipinski definition) is 2. The number of nitrogens with one attached hydrogen (secondary N) is 1. The van der Waals surface area contributed by atoms with Gasteiger partial charge in [0.2, 0.25) is 0 Å². The van der Waals surface area contributed by atoms with Crippen molar-refractivity contribution < 1.29 is 22.8 Å². The van der Waals surface area contributed by atoms with Crippen molar-refractivity contribution in [1.29, 1.82) is 0 Å². The van der Waals surface area contributed by atoms with Crippen molar-refractivity contribution in [3.05, 3.63) is 0 Å². The summed E-state index contributed by atoms with van der Waals surface area (Å²) in [4.78, 5) is 13.9. The van der Waals surface area contributed by atoms with Crippen LogP contribution in [0.1, 0.15) is 0 Å². The summed E-state index contributed by atoms with van der Waals surface area (Å²) in [6.45, 7) is -1.52. The molecule has 0 aliphatic heterocycles. The fourth-order valence-electron chi connectivity index (χ4n) is 0.226. The van der Waals surface area contributed by atoms with Crippen LogP contribution in [-0.2, 0) is 9.63 Å². The molecular formula is C4H5ClF3NO2. The zero-order valence-corrected chi connectivity index (χ0v) is 6.00. The Balaban J connectivity index is 3.35. The summed E-state index contributed by atoms with van der Waals surface area (Å²) in [6.07, 6.45) is -4.44. The Morgan fingerprint density at radius 2 is 2.09 bits per heavy atom. The van der Waals surface area contributed by atoms with Crippen LogP contribution >= 0.6 is 11.6 Å². The van der Waals surface area contributed by atoms with Gasteiger partial charge in [-0.25, -0.2) is 5.48 Å². The molecule has 66 valence electrons. The maximum Gasteiger partial charge on any atom is 0.414 e. The summed E-state index contributed by atoms with van der Waals surface area (Å²) >= 11 is 4.93. The Labute approximate surface area is 65.4 Å². The van der Waals surface area contributed by atoms with Crippen molar-refractivity contribution in [3.8, 4) is 0 Å². The third-order valence-corrected chi connectivity index (χ3v) is 0.786. The van der Waals surface area contributed by atoms with Crippen LogP contribution in [-0.4, -0.2) is 24.6 Å². The number of amides is 1. The molecule has 0 rings (SSSR count). The van der Waals surface area contributed by atoms with Gasteiger partial charge in [-0.2, -0.15) is 13.2 Å². The van der Waals surface area contributed by atoms with Crippen molar-refractivity contribution >= 4 is 17.5 Å². The standard InChI is InChI=1S/C4H5ClF3NO2/c5-1-3(10)9-11-2-4(6,7)8/h1-2H2,(H,9,10). The molecule has 0 aromatic heterocycles. The maximum atomic E-state index is 11.3. The first kappa shape index (κ1) is 10.5. The van der Waals surface area contributed by atoms with Gasteiger partial charge in [-0.05, 0) is 0 Å². The van der Waals surface area contributed by atoms with Crippen LogP contribution in [0.4, 0.5) is 13.2 Å². The molecular weight excluding hydrogens is 186 g/mol. The van der Waals surface area contributed by atoms with Gasteiger partial charge in [-0.3, -0.25) is 9.63 Å². The molecule has 0 saturated carbocycles. The van der Waals surface area contributed by atoms with E-state index < -0.39 is 24.6 Å². The van der Waals surface area contributed by atoms with Crippen LogP contribution in [0.15, 0.2) is 0 Å². The first-order chi connectivity index (χ1) is 4.95. The Morgan fingerprint density at radius 3 is 2.45 bits per heavy atom. The number of hydroxylamine groups is 1. The van der Waals surface area contributed by atoms with Crippen LogP contribution < -0.4 is 5.48 Å². The molecule has 0 heterocycles. The van der Waals surface area contributed by atoms with E-state index in [1.54, 1.807) is 0 Å². The Hall–Kier alpha value is -0.490. The van der Waals surface area contributed by atoms with E-state index in [-0.39, 0.29) is 0 Å². The Morgan fingerprint density at radius 1 is 1.55 bits per heavy atom. The lowest BCUT2D eigenvalue weighted by molar-refractivity contribution is -0.191. The van der Waals surface area contributed by atoms with Crippen LogP contribution in [0.5, 0.6) is 0 Å². The molecule has 0 atom stereocenters. The quantitative estimate of drug-likeness (QED) is 0.530. The third-order valence-electron chi connectivity index (χ3n) is 0.543. The zero-order chi connectivity index (χ0) is 8.91. The summed E-state index contributed by atoms with van der Waals surface area (Å²) in [5, 5.41) is 0. The average molecular weight is 192 g/mol. The highest BCUT2D eigenvalue weighted by atomic mass is 35.5. The van der Waals surface area contributed by atoms with Crippen LogP contribution in [0.25, 0.3) is 0 Å². The molecule has 3 nitrogen and oxygen atoms in total. The highest BCUT2D eigenvalue weighted by Crippen LogP contribution is 2.13. The van der Waals surface area contributed by atoms with Gasteiger partial charge in [0.25, 0.3) is 5.91 Å². The lowest BCUT2D eigenvalue weighted by atomic mass is 10.7. The minimum absolute atomic E-state index is 0.433. The fraction of sp³-hybridized carbons (Fsp3) is 0.750. The number of halogens is 4. The molecule has 0 fully saturated rings. The van der Waals surface area contributed by atoms with Crippen molar-refractivity contribution in [1.82, 2.24) is 5.48 Å². The number of rotatable bonds is 3. The Bertz CT molecular complexity index is 138. The van der Waals surface area contributed by atoms with E-state index in [4.69, 9.17) is 11.6 Å². The maximum absolute atomic E-state index is 11.3. The first-order valence-corrected chi connectivity index (χ1v) is 3.02. The summed E-state index contributed by atoms with van der Waals surface area (Å²) in [6, 6.07) is 0. The molecule has 1 amide bonds. The molecule has 0 unspecified atom stereocenters. The van der Waals surface area contributed by atoms with Gasteiger partial charge < -0.3 is 0 Å². The van der Waals surface area contributed by atoms with Gasteiger partial charge >= 0.3 is 6.18 Å². The number of hydrogen-bond donors (Lipinski definition) is 1. The molecule has 0 spiro atoms. The summed E-state index contributed by atoms with van der Waals surface area (Å²) in [5.74, 6) is -1.24. The number of carbonyl (C=O) groups is 1. The normalized spacial score (nSPS) is 11.3. The van der Waals surface area contributed by atoms with Gasteiger partial charge in [0.15, 0.2) is 6.61 Å². The highest BCUT2D eigenvalue weighted by Gasteiger charge is 2.28. The molecule has 0 radical (unpaired) electrons. The second kappa shape index (κ2) is 4.40. The SMILES string of the molecule is O=C(CCl)NOCC(F)(F)F. The molecule has 0 aromatic carbocycles. The van der Waals surface area contributed by atoms with E-state index in [2.05, 4.69) is 4.84 Å². The summed E-state index contributed by atoms with van der Waals surface area (Å²) in [7, 11) is 0. The van der Waals surface area contributed by atoms with E-state index in [1.807, 2.05) is 0 Å². The first-order valence-electron chi connectivity index (χ1n) is 2.49. The van der Waals surface area contributed by atoms with Crippen LogP contribution in [0.2, 0.25) is 0 Å². The van der Waals surface area contributed by atoms with Gasteiger partial charge in [0, 0.05) is 0 Å². The van der Waals surface area contributed by atoms with Gasteiger partial charge in [-0.15, -0.1) is 11.6 Å². The van der Waals surface area contributed by atoms with Crippen LogP contribution in [0, 0.1) is 0 Å². The van der Waals surface area contributed by atoms with E-state index in [0.29, 0.717) is 0 Å². The summed E-state index contributed by atoms with van der Waals surface area (Å²) in [5.41, 5.74) is 1.50. The van der Waals surface area contributed by atoms with Crippen molar-refractivity contribution in [3.63, 3.8) is 0 Å². The summed E-state index contributed by atoms with van der Waals surface area (Å²) < 4.78 is 33.9. The fourth-order valence-corrected chi connectivity index (χ4v) is 0.280. The predicted molar refractivity (Wildman–Crippen MR) is 30.9 cm³/mol. The van der Waals surface area contributed by atoms with Gasteiger partial charge in [0.05, 0.1) is 0 Å². The monoisotopic (exact) mass is 191 g/mol. The van der Waals surface area contributed by atoms with Crippen molar-refractivity contribution in [2.75, 3.05) is 12.5 Å². The topological polar surface area (TPSA) is 38.3 Å². The third kappa shape index (κ3) is 7.41. The Kier molecular flexibility index (Phi) is 4.20. The van der Waals surface area contributed by atoms with Crippen molar-refractivity contribution in [2.45, 2.75) is 6.18 Å². The molecule has 0 bridgehead atoms. The minimum Gasteiger partial charge on any atom is -0.271 e. The van der Waals surface area contributed by atoms with E-state index in [1.165, 1.54) is 5.48 Å². The molecule has 0 aromatic rings. The highest BCUT2D eigenvalue weighted by molar-refractivity contribution is 6.27. The minimum atomic E-state index is -4.44. The van der Waals surface area contributed by atoms with E-state index in [0.717, 1.165) is 0 Å². The van der Waals surface area contributed by atoms with E-state index in [9.17, 15) is 18.0 Å². The smallest absolute Gasteiger partial charge is 0.271 e. The second-order valence-corrected chi connectivity index (χ2v) is 1.83. The molecule has 0 aliphatic carbocycles. The van der Waals surface area contributed by atoms with Gasteiger partial charge in [-0.1, -0.05) is 0 Å². The molecule has 11 heavy (non-hydrogen) atoms. The molecule has 0 saturated heterocycles. The molecule has 1 N–H and O–H groups in total.